The molecule has 2 fully saturated rings. The molecule has 1 heterocycles. The molecule has 0 aromatic carbocycles. The van der Waals surface area contributed by atoms with E-state index in [2.05, 4.69) is 27.4 Å². The predicted molar refractivity (Wildman–Crippen MR) is 74.5 cm³/mol. The van der Waals surface area contributed by atoms with Crippen molar-refractivity contribution < 1.29 is 9.84 Å². The van der Waals surface area contributed by atoms with E-state index in [0.717, 1.165) is 38.7 Å². The van der Waals surface area contributed by atoms with Crippen molar-refractivity contribution in [1.29, 1.82) is 0 Å². The normalized spacial score (nSPS) is 41.2. The van der Waals surface area contributed by atoms with Gasteiger partial charge in [-0.15, -0.1) is 6.58 Å². The molecule has 2 nitrogen and oxygen atoms in total. The van der Waals surface area contributed by atoms with E-state index in [1.54, 1.807) is 0 Å². The molecular weight excluding hydrogens is 224 g/mol. The van der Waals surface area contributed by atoms with Gasteiger partial charge in [0.1, 0.15) is 0 Å². The van der Waals surface area contributed by atoms with Crippen LogP contribution in [0.3, 0.4) is 0 Å². The Morgan fingerprint density at radius 3 is 2.61 bits per heavy atom. The van der Waals surface area contributed by atoms with Crippen molar-refractivity contribution in [1.82, 2.24) is 0 Å². The summed E-state index contributed by atoms with van der Waals surface area (Å²) in [5.74, 6) is 0.640. The highest BCUT2D eigenvalue weighted by molar-refractivity contribution is 5.10. The van der Waals surface area contributed by atoms with Crippen LogP contribution in [0.25, 0.3) is 0 Å². The summed E-state index contributed by atoms with van der Waals surface area (Å²) in [4.78, 5) is 0. The van der Waals surface area contributed by atoms with Crippen LogP contribution in [0.2, 0.25) is 0 Å². The lowest BCUT2D eigenvalue weighted by atomic mass is 9.60. The summed E-state index contributed by atoms with van der Waals surface area (Å²) in [5.41, 5.74) is -0.696. The molecule has 1 aliphatic carbocycles. The highest BCUT2D eigenvalue weighted by Crippen LogP contribution is 2.53. The molecule has 104 valence electrons. The quantitative estimate of drug-likeness (QED) is 0.760. The monoisotopic (exact) mass is 252 g/mol. The molecule has 1 saturated heterocycles. The Morgan fingerprint density at radius 1 is 1.39 bits per heavy atom. The summed E-state index contributed by atoms with van der Waals surface area (Å²) in [6.45, 7) is 11.5. The van der Waals surface area contributed by atoms with Gasteiger partial charge in [0, 0.05) is 6.61 Å². The molecule has 1 spiro atoms. The van der Waals surface area contributed by atoms with Crippen LogP contribution in [0.15, 0.2) is 12.7 Å². The zero-order valence-corrected chi connectivity index (χ0v) is 12.2. The lowest BCUT2D eigenvalue weighted by molar-refractivity contribution is -0.197. The van der Waals surface area contributed by atoms with E-state index in [1.807, 2.05) is 6.08 Å². The van der Waals surface area contributed by atoms with Crippen LogP contribution in [0.4, 0.5) is 0 Å². The summed E-state index contributed by atoms with van der Waals surface area (Å²) in [6.07, 6.45) is 7.53. The number of rotatable bonds is 2. The van der Waals surface area contributed by atoms with Crippen LogP contribution < -0.4 is 0 Å². The average Bonchev–Trinajstić information content (AvgIpc) is 2.71. The molecule has 18 heavy (non-hydrogen) atoms. The van der Waals surface area contributed by atoms with Gasteiger partial charge in [0.2, 0.25) is 0 Å². The smallest absolute Gasteiger partial charge is 0.0974 e. The molecule has 1 aliphatic heterocycles. The molecule has 0 radical (unpaired) electrons. The topological polar surface area (TPSA) is 29.5 Å². The van der Waals surface area contributed by atoms with Gasteiger partial charge in [-0.1, -0.05) is 26.8 Å². The van der Waals surface area contributed by atoms with E-state index in [0.29, 0.717) is 17.8 Å². The fourth-order valence-electron chi connectivity index (χ4n) is 3.82. The molecule has 1 saturated carbocycles. The van der Waals surface area contributed by atoms with E-state index in [1.165, 1.54) is 0 Å². The molecule has 3 atom stereocenters. The van der Waals surface area contributed by atoms with Crippen molar-refractivity contribution in [3.8, 4) is 0 Å². The molecule has 2 heteroatoms. The minimum absolute atomic E-state index is 0.300. The van der Waals surface area contributed by atoms with Gasteiger partial charge in [0.15, 0.2) is 0 Å². The number of ether oxygens (including phenoxy) is 1. The van der Waals surface area contributed by atoms with Gasteiger partial charge in [-0.05, 0) is 49.9 Å². The SMILES string of the molecule is C=CC[C@]1(O)CC[C@H](C(C)(C)C)C[C@@]12CCCO2. The Morgan fingerprint density at radius 2 is 2.11 bits per heavy atom. The number of hydrogen-bond acceptors (Lipinski definition) is 2. The van der Waals surface area contributed by atoms with Crippen molar-refractivity contribution in [2.45, 2.75) is 70.5 Å². The van der Waals surface area contributed by atoms with Gasteiger partial charge in [-0.3, -0.25) is 0 Å². The minimum Gasteiger partial charge on any atom is -0.387 e. The fraction of sp³-hybridized carbons (Fsp3) is 0.875. The largest absolute Gasteiger partial charge is 0.387 e. The minimum atomic E-state index is -0.687. The Labute approximate surface area is 111 Å². The third-order valence-electron chi connectivity index (χ3n) is 5.14. The highest BCUT2D eigenvalue weighted by atomic mass is 16.5. The average molecular weight is 252 g/mol. The van der Waals surface area contributed by atoms with Crippen LogP contribution in [-0.4, -0.2) is 22.9 Å². The van der Waals surface area contributed by atoms with Crippen LogP contribution in [-0.2, 0) is 4.74 Å². The van der Waals surface area contributed by atoms with Crippen LogP contribution in [0, 0.1) is 11.3 Å². The van der Waals surface area contributed by atoms with Gasteiger partial charge in [0.05, 0.1) is 11.2 Å². The molecule has 1 N–H and O–H groups in total. The van der Waals surface area contributed by atoms with Gasteiger partial charge < -0.3 is 9.84 Å². The Bertz CT molecular complexity index is 310. The third kappa shape index (κ3) is 2.25. The first-order chi connectivity index (χ1) is 8.33. The van der Waals surface area contributed by atoms with Gasteiger partial charge >= 0.3 is 0 Å². The van der Waals surface area contributed by atoms with Crippen molar-refractivity contribution in [3.63, 3.8) is 0 Å². The van der Waals surface area contributed by atoms with Crippen molar-refractivity contribution in [3.05, 3.63) is 12.7 Å². The Hall–Kier alpha value is -0.340. The summed E-state index contributed by atoms with van der Waals surface area (Å²) < 4.78 is 6.08. The summed E-state index contributed by atoms with van der Waals surface area (Å²) >= 11 is 0. The van der Waals surface area contributed by atoms with E-state index >= 15 is 0 Å². The van der Waals surface area contributed by atoms with E-state index in [4.69, 9.17) is 4.74 Å². The first-order valence-electron chi connectivity index (χ1n) is 7.30. The molecule has 2 rings (SSSR count). The van der Waals surface area contributed by atoms with Gasteiger partial charge in [-0.25, -0.2) is 0 Å². The summed E-state index contributed by atoms with van der Waals surface area (Å²) in [6, 6.07) is 0. The number of aliphatic hydroxyl groups is 1. The zero-order chi connectivity index (χ0) is 13.4. The second kappa shape index (κ2) is 4.64. The van der Waals surface area contributed by atoms with Crippen LogP contribution >= 0.6 is 0 Å². The maximum atomic E-state index is 11.0. The molecule has 0 aromatic rings. The van der Waals surface area contributed by atoms with Crippen molar-refractivity contribution >= 4 is 0 Å². The molecule has 0 amide bonds. The molecule has 2 aliphatic rings. The zero-order valence-electron chi connectivity index (χ0n) is 12.2. The van der Waals surface area contributed by atoms with Gasteiger partial charge in [-0.2, -0.15) is 0 Å². The fourth-order valence-corrected chi connectivity index (χ4v) is 3.82. The molecule has 0 bridgehead atoms. The second-order valence-electron chi connectivity index (χ2n) is 7.28. The van der Waals surface area contributed by atoms with E-state index in [-0.39, 0.29) is 5.60 Å². The molecular formula is C16H28O2. The summed E-state index contributed by atoms with van der Waals surface area (Å²) in [7, 11) is 0. The lowest BCUT2D eigenvalue weighted by Gasteiger charge is -2.52. The van der Waals surface area contributed by atoms with Crippen molar-refractivity contribution in [2.75, 3.05) is 6.61 Å². The third-order valence-corrected chi connectivity index (χ3v) is 5.14. The predicted octanol–water partition coefficient (Wildman–Crippen LogP) is 3.69. The van der Waals surface area contributed by atoms with Crippen LogP contribution in [0.1, 0.15) is 59.3 Å². The molecule has 0 unspecified atom stereocenters. The second-order valence-corrected chi connectivity index (χ2v) is 7.28. The van der Waals surface area contributed by atoms with E-state index < -0.39 is 5.60 Å². The number of hydrogen-bond donors (Lipinski definition) is 1. The lowest BCUT2D eigenvalue weighted by Crippen LogP contribution is -2.58. The summed E-state index contributed by atoms with van der Waals surface area (Å²) in [5, 5.41) is 11.0. The maximum absolute atomic E-state index is 11.0. The highest BCUT2D eigenvalue weighted by Gasteiger charge is 2.56. The Kier molecular flexibility index (Phi) is 3.63. The first kappa shape index (κ1) is 14.1. The Balaban J connectivity index is 2.24. The molecule has 0 aromatic heterocycles. The standard InChI is InChI=1S/C16H28O2/c1-5-8-15(17)10-7-13(14(2,3)4)12-16(15)9-6-11-18-16/h5,13,17H,1,6-12H2,2-4H3/t13-,15-,16-/m0/s1. The first-order valence-corrected chi connectivity index (χ1v) is 7.30. The van der Waals surface area contributed by atoms with E-state index in [9.17, 15) is 5.11 Å². The maximum Gasteiger partial charge on any atom is 0.0974 e. The van der Waals surface area contributed by atoms with Crippen molar-refractivity contribution in [2.24, 2.45) is 11.3 Å². The van der Waals surface area contributed by atoms with Crippen LogP contribution in [0.5, 0.6) is 0 Å². The van der Waals surface area contributed by atoms with Gasteiger partial charge in [0.25, 0.3) is 0 Å².